The van der Waals surface area contributed by atoms with Crippen LogP contribution in [0.5, 0.6) is 5.75 Å². The first-order valence-electron chi connectivity index (χ1n) is 14.2. The van der Waals surface area contributed by atoms with E-state index in [2.05, 4.69) is 10.2 Å². The number of carbonyl (C=O) groups is 2. The summed E-state index contributed by atoms with van der Waals surface area (Å²) in [7, 11) is 1.66. The molecule has 2 aromatic rings. The minimum atomic E-state index is -0.0891. The molecule has 1 fully saturated rings. The third kappa shape index (κ3) is 7.81. The molecule has 2 aromatic carbocycles. The van der Waals surface area contributed by atoms with Crippen LogP contribution in [-0.4, -0.2) is 62.7 Å². The molecule has 7 nitrogen and oxygen atoms in total. The van der Waals surface area contributed by atoms with Crippen molar-refractivity contribution in [2.24, 2.45) is 0 Å². The molecule has 0 unspecified atom stereocenters. The van der Waals surface area contributed by atoms with Crippen molar-refractivity contribution in [2.75, 3.05) is 44.9 Å². The predicted octanol–water partition coefficient (Wildman–Crippen LogP) is 4.97. The first-order chi connectivity index (χ1) is 18.5. The molecule has 0 atom stereocenters. The molecule has 0 bridgehead atoms. The van der Waals surface area contributed by atoms with E-state index >= 15 is 0 Å². The van der Waals surface area contributed by atoms with Gasteiger partial charge in [-0.3, -0.25) is 14.5 Å². The summed E-state index contributed by atoms with van der Waals surface area (Å²) >= 11 is 0. The van der Waals surface area contributed by atoms with Crippen LogP contribution in [0.15, 0.2) is 42.5 Å². The van der Waals surface area contributed by atoms with Gasteiger partial charge in [-0.25, -0.2) is 0 Å². The average molecular weight is 522 g/mol. The molecule has 0 saturated carbocycles. The van der Waals surface area contributed by atoms with Crippen molar-refractivity contribution in [3.05, 3.63) is 59.2 Å². The van der Waals surface area contributed by atoms with Crippen LogP contribution >= 0.6 is 0 Å². The molecular formula is C31H43N3O4. The topological polar surface area (TPSA) is 71.1 Å². The highest BCUT2D eigenvalue weighted by Crippen LogP contribution is 2.28. The molecule has 0 aromatic heterocycles. The lowest BCUT2D eigenvalue weighted by atomic mass is 10.0. The number of ether oxygens (including phenoxy) is 2. The zero-order valence-corrected chi connectivity index (χ0v) is 23.0. The van der Waals surface area contributed by atoms with E-state index in [-0.39, 0.29) is 11.8 Å². The lowest BCUT2D eigenvalue weighted by molar-refractivity contribution is -0.116. The second-order valence-corrected chi connectivity index (χ2v) is 10.5. The Morgan fingerprint density at radius 2 is 1.76 bits per heavy atom. The number of nitrogens with zero attached hydrogens (tertiary/aromatic N) is 2. The molecule has 7 heteroatoms. The monoisotopic (exact) mass is 521 g/mol. The van der Waals surface area contributed by atoms with E-state index in [0.717, 1.165) is 81.0 Å². The fourth-order valence-corrected chi connectivity index (χ4v) is 5.59. The molecule has 2 aliphatic heterocycles. The van der Waals surface area contributed by atoms with E-state index < -0.39 is 0 Å². The zero-order chi connectivity index (χ0) is 26.7. The number of anilines is 1. The van der Waals surface area contributed by atoms with E-state index in [9.17, 15) is 9.59 Å². The Balaban J connectivity index is 1.54. The Labute approximate surface area is 227 Å². The number of amides is 2. The molecule has 2 aliphatic rings. The third-order valence-corrected chi connectivity index (χ3v) is 7.75. The maximum absolute atomic E-state index is 13.2. The molecule has 0 radical (unpaired) electrons. The van der Waals surface area contributed by atoms with Crippen LogP contribution in [0.3, 0.4) is 0 Å². The molecule has 38 heavy (non-hydrogen) atoms. The summed E-state index contributed by atoms with van der Waals surface area (Å²) in [5, 5.41) is 3.08. The Hall–Kier alpha value is -2.90. The summed E-state index contributed by atoms with van der Waals surface area (Å²) in [6.07, 6.45) is 8.49. The Morgan fingerprint density at radius 3 is 2.53 bits per heavy atom. The van der Waals surface area contributed by atoms with E-state index in [1.807, 2.05) is 47.4 Å². The minimum Gasteiger partial charge on any atom is -0.497 e. The summed E-state index contributed by atoms with van der Waals surface area (Å²) in [4.78, 5) is 30.4. The van der Waals surface area contributed by atoms with Gasteiger partial charge in [0.05, 0.1) is 7.11 Å². The number of benzene rings is 2. The smallest absolute Gasteiger partial charge is 0.251 e. The van der Waals surface area contributed by atoms with Crippen LogP contribution in [0, 0.1) is 0 Å². The summed E-state index contributed by atoms with van der Waals surface area (Å²) in [5.74, 6) is 0.781. The molecule has 4 rings (SSSR count). The minimum absolute atomic E-state index is 0.0522. The SMILES string of the molecule is COc1cccc(CCNC(=O)c2ccc3c(c2)CN(C2CCOCC2)CCCCCCCN3C(C)=O)c1. The van der Waals surface area contributed by atoms with Gasteiger partial charge in [0.2, 0.25) is 5.91 Å². The quantitative estimate of drug-likeness (QED) is 0.582. The van der Waals surface area contributed by atoms with Gasteiger partial charge in [0.1, 0.15) is 5.75 Å². The second-order valence-electron chi connectivity index (χ2n) is 10.5. The first kappa shape index (κ1) is 28.1. The molecule has 206 valence electrons. The third-order valence-electron chi connectivity index (χ3n) is 7.75. The van der Waals surface area contributed by atoms with Gasteiger partial charge in [0.25, 0.3) is 5.91 Å². The van der Waals surface area contributed by atoms with Crippen LogP contribution in [0.25, 0.3) is 0 Å². The number of rotatable bonds is 6. The lowest BCUT2D eigenvalue weighted by Gasteiger charge is -2.36. The summed E-state index contributed by atoms with van der Waals surface area (Å²) < 4.78 is 10.9. The van der Waals surface area contributed by atoms with E-state index in [1.165, 1.54) is 19.3 Å². The van der Waals surface area contributed by atoms with Crippen LogP contribution < -0.4 is 15.0 Å². The number of hydrogen-bond acceptors (Lipinski definition) is 5. The van der Waals surface area contributed by atoms with Gasteiger partial charge in [0, 0.05) is 57.1 Å². The highest BCUT2D eigenvalue weighted by atomic mass is 16.5. The number of nitrogens with one attached hydrogen (secondary N) is 1. The highest BCUT2D eigenvalue weighted by Gasteiger charge is 2.25. The number of hydrogen-bond donors (Lipinski definition) is 1. The van der Waals surface area contributed by atoms with E-state index in [4.69, 9.17) is 9.47 Å². The normalized spacial score (nSPS) is 18.1. The Bertz CT molecular complexity index is 1070. The maximum Gasteiger partial charge on any atom is 0.251 e. The van der Waals surface area contributed by atoms with Crippen LogP contribution in [-0.2, 0) is 22.5 Å². The van der Waals surface area contributed by atoms with Crippen molar-refractivity contribution in [3.8, 4) is 5.75 Å². The Morgan fingerprint density at radius 1 is 1.00 bits per heavy atom. The van der Waals surface area contributed by atoms with Crippen LogP contribution in [0.1, 0.15) is 73.4 Å². The fourth-order valence-electron chi connectivity index (χ4n) is 5.59. The number of methoxy groups -OCH3 is 1. The summed E-state index contributed by atoms with van der Waals surface area (Å²) in [6, 6.07) is 14.2. The van der Waals surface area contributed by atoms with E-state index in [0.29, 0.717) is 24.7 Å². The number of carbonyl (C=O) groups excluding carboxylic acids is 2. The van der Waals surface area contributed by atoms with Gasteiger partial charge in [-0.2, -0.15) is 0 Å². The molecule has 0 spiro atoms. The molecule has 0 aliphatic carbocycles. The standard InChI is InChI=1S/C31H43N3O4/c1-24(35)34-18-7-5-3-4-6-17-33(28-14-19-38-20-15-28)23-27-22-26(11-12-30(27)34)31(36)32-16-13-25-9-8-10-29(21-25)37-2/h8-12,21-22,28H,3-7,13-20,23H2,1-2H3,(H,32,36). The maximum atomic E-state index is 13.2. The summed E-state index contributed by atoms with van der Waals surface area (Å²) in [5.41, 5.74) is 3.74. The summed E-state index contributed by atoms with van der Waals surface area (Å²) in [6.45, 7) is 6.25. The molecule has 1 N–H and O–H groups in total. The van der Waals surface area contributed by atoms with Gasteiger partial charge in [-0.1, -0.05) is 31.4 Å². The van der Waals surface area contributed by atoms with Crippen molar-refractivity contribution in [3.63, 3.8) is 0 Å². The zero-order valence-electron chi connectivity index (χ0n) is 23.0. The molecular weight excluding hydrogens is 478 g/mol. The Kier molecular flexibility index (Phi) is 10.6. The van der Waals surface area contributed by atoms with Gasteiger partial charge >= 0.3 is 0 Å². The van der Waals surface area contributed by atoms with Gasteiger partial charge in [0.15, 0.2) is 0 Å². The van der Waals surface area contributed by atoms with Crippen LogP contribution in [0.2, 0.25) is 0 Å². The first-order valence-corrected chi connectivity index (χ1v) is 14.2. The van der Waals surface area contributed by atoms with Crippen molar-refractivity contribution >= 4 is 17.5 Å². The number of fused-ring (bicyclic) bond motifs is 1. The highest BCUT2D eigenvalue weighted by molar-refractivity contribution is 5.97. The fraction of sp³-hybridized carbons (Fsp3) is 0.548. The second kappa shape index (κ2) is 14.3. The van der Waals surface area contributed by atoms with Crippen molar-refractivity contribution < 1.29 is 19.1 Å². The van der Waals surface area contributed by atoms with Crippen LogP contribution in [0.4, 0.5) is 5.69 Å². The van der Waals surface area contributed by atoms with Gasteiger partial charge < -0.3 is 19.7 Å². The predicted molar refractivity (Wildman–Crippen MR) is 151 cm³/mol. The molecule has 2 amide bonds. The average Bonchev–Trinajstić information content (AvgIpc) is 2.93. The largest absolute Gasteiger partial charge is 0.497 e. The van der Waals surface area contributed by atoms with Crippen molar-refractivity contribution in [1.29, 1.82) is 0 Å². The molecule has 2 heterocycles. The van der Waals surface area contributed by atoms with Gasteiger partial charge in [-0.15, -0.1) is 0 Å². The lowest BCUT2D eigenvalue weighted by Crippen LogP contribution is -2.40. The van der Waals surface area contributed by atoms with Crippen molar-refractivity contribution in [2.45, 2.75) is 70.9 Å². The van der Waals surface area contributed by atoms with E-state index in [1.54, 1.807) is 14.0 Å². The molecule has 1 saturated heterocycles. The van der Waals surface area contributed by atoms with Crippen molar-refractivity contribution in [1.82, 2.24) is 10.2 Å². The van der Waals surface area contributed by atoms with Gasteiger partial charge in [-0.05, 0) is 80.1 Å².